The SMILES string of the molecule is COc1ccnc(N2CCN(c3nccc4nc(C(F)(F)F)ccc34)CC2)n1. The first-order valence-corrected chi connectivity index (χ1v) is 8.65. The average Bonchev–Trinajstić information content (AvgIpc) is 2.72. The van der Waals surface area contributed by atoms with E-state index in [0.717, 1.165) is 6.07 Å². The minimum absolute atomic E-state index is 0.276. The molecule has 0 bridgehead atoms. The summed E-state index contributed by atoms with van der Waals surface area (Å²) in [6.07, 6.45) is -1.34. The van der Waals surface area contributed by atoms with Crippen molar-refractivity contribution in [2.45, 2.75) is 6.18 Å². The Morgan fingerprint density at radius 3 is 2.32 bits per heavy atom. The van der Waals surface area contributed by atoms with Gasteiger partial charge in [-0.05, 0) is 18.2 Å². The van der Waals surface area contributed by atoms with Crippen molar-refractivity contribution in [2.24, 2.45) is 0 Å². The van der Waals surface area contributed by atoms with Crippen LogP contribution in [0.3, 0.4) is 0 Å². The van der Waals surface area contributed by atoms with Gasteiger partial charge < -0.3 is 14.5 Å². The molecule has 0 radical (unpaired) electrons. The maximum atomic E-state index is 12.9. The molecular weight excluding hydrogens is 373 g/mol. The van der Waals surface area contributed by atoms with E-state index in [9.17, 15) is 13.2 Å². The van der Waals surface area contributed by atoms with Gasteiger partial charge in [-0.1, -0.05) is 0 Å². The van der Waals surface area contributed by atoms with Gasteiger partial charge in [0.25, 0.3) is 0 Å². The maximum absolute atomic E-state index is 12.9. The molecule has 146 valence electrons. The molecule has 10 heteroatoms. The summed E-state index contributed by atoms with van der Waals surface area (Å²) in [7, 11) is 1.55. The molecule has 4 rings (SSSR count). The molecule has 28 heavy (non-hydrogen) atoms. The molecule has 1 aliphatic rings. The first kappa shape index (κ1) is 18.2. The van der Waals surface area contributed by atoms with Gasteiger partial charge in [0, 0.05) is 50.0 Å². The van der Waals surface area contributed by atoms with Crippen molar-refractivity contribution >= 4 is 22.7 Å². The molecule has 1 fully saturated rings. The first-order valence-electron chi connectivity index (χ1n) is 8.65. The topological polar surface area (TPSA) is 67.3 Å². The lowest BCUT2D eigenvalue weighted by Gasteiger charge is -2.35. The highest BCUT2D eigenvalue weighted by Gasteiger charge is 2.32. The van der Waals surface area contributed by atoms with E-state index < -0.39 is 11.9 Å². The molecule has 1 aliphatic heterocycles. The lowest BCUT2D eigenvalue weighted by Crippen LogP contribution is -2.47. The highest BCUT2D eigenvalue weighted by molar-refractivity contribution is 5.89. The predicted molar refractivity (Wildman–Crippen MR) is 97.6 cm³/mol. The number of methoxy groups -OCH3 is 1. The summed E-state index contributed by atoms with van der Waals surface area (Å²) in [4.78, 5) is 20.8. The number of aromatic nitrogens is 4. The van der Waals surface area contributed by atoms with Crippen molar-refractivity contribution in [1.82, 2.24) is 19.9 Å². The number of hydrogen-bond acceptors (Lipinski definition) is 7. The molecule has 0 saturated carbocycles. The number of anilines is 2. The Morgan fingerprint density at radius 1 is 0.893 bits per heavy atom. The minimum Gasteiger partial charge on any atom is -0.481 e. The van der Waals surface area contributed by atoms with Crippen LogP contribution < -0.4 is 14.5 Å². The second-order valence-corrected chi connectivity index (χ2v) is 6.27. The Balaban J connectivity index is 1.55. The molecule has 0 N–H and O–H groups in total. The van der Waals surface area contributed by atoms with E-state index in [0.29, 0.717) is 49.2 Å². The number of fused-ring (bicyclic) bond motifs is 1. The molecule has 7 nitrogen and oxygen atoms in total. The summed E-state index contributed by atoms with van der Waals surface area (Å²) < 4.78 is 43.9. The van der Waals surface area contributed by atoms with Crippen LogP contribution in [0.5, 0.6) is 5.88 Å². The first-order chi connectivity index (χ1) is 13.5. The van der Waals surface area contributed by atoms with E-state index in [1.54, 1.807) is 19.4 Å². The molecule has 0 unspecified atom stereocenters. The van der Waals surface area contributed by atoms with Crippen LogP contribution in [0, 0.1) is 0 Å². The average molecular weight is 390 g/mol. The van der Waals surface area contributed by atoms with Crippen molar-refractivity contribution in [1.29, 1.82) is 0 Å². The van der Waals surface area contributed by atoms with Crippen molar-refractivity contribution in [3.05, 3.63) is 42.4 Å². The van der Waals surface area contributed by atoms with Gasteiger partial charge in [0.15, 0.2) is 0 Å². The van der Waals surface area contributed by atoms with Gasteiger partial charge in [-0.25, -0.2) is 15.0 Å². The van der Waals surface area contributed by atoms with E-state index in [1.807, 2.05) is 9.80 Å². The van der Waals surface area contributed by atoms with Crippen LogP contribution in [-0.2, 0) is 6.18 Å². The molecular formula is C18H17F3N6O. The summed E-state index contributed by atoms with van der Waals surface area (Å²) in [5, 5.41) is 0.599. The summed E-state index contributed by atoms with van der Waals surface area (Å²) >= 11 is 0. The van der Waals surface area contributed by atoms with Gasteiger partial charge in [0.05, 0.1) is 12.6 Å². The smallest absolute Gasteiger partial charge is 0.433 e. The van der Waals surface area contributed by atoms with Gasteiger partial charge in [0.2, 0.25) is 11.8 Å². The monoisotopic (exact) mass is 390 g/mol. The number of halogens is 3. The van der Waals surface area contributed by atoms with Gasteiger partial charge in [-0.2, -0.15) is 18.2 Å². The normalized spacial score (nSPS) is 15.1. The van der Waals surface area contributed by atoms with Gasteiger partial charge in [0.1, 0.15) is 11.5 Å². The highest BCUT2D eigenvalue weighted by atomic mass is 19.4. The quantitative estimate of drug-likeness (QED) is 0.681. The Labute approximate surface area is 158 Å². The largest absolute Gasteiger partial charge is 0.481 e. The third-order valence-electron chi connectivity index (χ3n) is 4.57. The van der Waals surface area contributed by atoms with Crippen LogP contribution in [0.1, 0.15) is 5.69 Å². The number of hydrogen-bond donors (Lipinski definition) is 0. The van der Waals surface area contributed by atoms with Crippen LogP contribution >= 0.6 is 0 Å². The predicted octanol–water partition coefficient (Wildman–Crippen LogP) is 2.77. The number of piperazine rings is 1. The third-order valence-corrected chi connectivity index (χ3v) is 4.57. The summed E-state index contributed by atoms with van der Waals surface area (Å²) in [5.74, 6) is 1.71. The highest BCUT2D eigenvalue weighted by Crippen LogP contribution is 2.31. The van der Waals surface area contributed by atoms with Crippen molar-refractivity contribution in [3.8, 4) is 5.88 Å². The van der Waals surface area contributed by atoms with Crippen molar-refractivity contribution < 1.29 is 17.9 Å². The molecule has 0 aliphatic carbocycles. The van der Waals surface area contributed by atoms with Crippen LogP contribution in [0.25, 0.3) is 10.9 Å². The minimum atomic E-state index is -4.47. The number of alkyl halides is 3. The lowest BCUT2D eigenvalue weighted by molar-refractivity contribution is -0.140. The molecule has 0 amide bonds. The second-order valence-electron chi connectivity index (χ2n) is 6.27. The zero-order valence-electron chi connectivity index (χ0n) is 15.0. The number of pyridine rings is 2. The second kappa shape index (κ2) is 7.10. The van der Waals surface area contributed by atoms with Crippen LogP contribution in [0.2, 0.25) is 0 Å². The fourth-order valence-corrected chi connectivity index (χ4v) is 3.17. The van der Waals surface area contributed by atoms with E-state index >= 15 is 0 Å². The lowest BCUT2D eigenvalue weighted by atomic mass is 10.2. The fraction of sp³-hybridized carbons (Fsp3) is 0.333. The Morgan fingerprint density at radius 2 is 1.61 bits per heavy atom. The molecule has 1 saturated heterocycles. The standard InChI is InChI=1S/C18H17F3N6O/c1-28-15-5-7-23-17(25-15)27-10-8-26(9-11-27)16-12-2-3-14(18(19,20)21)24-13(12)4-6-22-16/h2-7H,8-11H2,1H3. The Bertz CT molecular complexity index is 988. The zero-order chi connectivity index (χ0) is 19.7. The van der Waals surface area contributed by atoms with Gasteiger partial charge >= 0.3 is 6.18 Å². The van der Waals surface area contributed by atoms with Gasteiger partial charge in [-0.15, -0.1) is 0 Å². The number of ether oxygens (including phenoxy) is 1. The third kappa shape index (κ3) is 3.49. The number of rotatable bonds is 3. The summed E-state index contributed by atoms with van der Waals surface area (Å²) in [5.41, 5.74) is -0.629. The van der Waals surface area contributed by atoms with E-state index in [4.69, 9.17) is 4.74 Å². The van der Waals surface area contributed by atoms with E-state index in [-0.39, 0.29) is 5.52 Å². The van der Waals surface area contributed by atoms with E-state index in [2.05, 4.69) is 19.9 Å². The van der Waals surface area contributed by atoms with Crippen molar-refractivity contribution in [3.63, 3.8) is 0 Å². The Hall–Kier alpha value is -3.17. The molecule has 0 spiro atoms. The van der Waals surface area contributed by atoms with Crippen LogP contribution in [-0.4, -0.2) is 53.2 Å². The molecule has 3 aromatic heterocycles. The Kier molecular flexibility index (Phi) is 4.62. The number of nitrogens with zero attached hydrogens (tertiary/aromatic N) is 6. The summed E-state index contributed by atoms with van der Waals surface area (Å²) in [6.45, 7) is 2.57. The molecule has 0 atom stereocenters. The maximum Gasteiger partial charge on any atom is 0.433 e. The zero-order valence-corrected chi connectivity index (χ0v) is 15.0. The molecule has 4 heterocycles. The van der Waals surface area contributed by atoms with Crippen LogP contribution in [0.4, 0.5) is 24.9 Å². The van der Waals surface area contributed by atoms with Crippen molar-refractivity contribution in [2.75, 3.05) is 43.1 Å². The van der Waals surface area contributed by atoms with Gasteiger partial charge in [-0.3, -0.25) is 0 Å². The van der Waals surface area contributed by atoms with E-state index in [1.165, 1.54) is 18.3 Å². The summed E-state index contributed by atoms with van der Waals surface area (Å²) in [6, 6.07) is 5.61. The fourth-order valence-electron chi connectivity index (χ4n) is 3.17. The van der Waals surface area contributed by atoms with Crippen LogP contribution in [0.15, 0.2) is 36.7 Å². The molecule has 0 aromatic carbocycles. The molecule has 3 aromatic rings.